The molecule has 2 aromatic rings. The van der Waals surface area contributed by atoms with Crippen LogP contribution in [0.4, 0.5) is 18.9 Å². The predicted molar refractivity (Wildman–Crippen MR) is 120 cm³/mol. The molecule has 1 saturated heterocycles. The lowest BCUT2D eigenvalue weighted by Gasteiger charge is -2.24. The Bertz CT molecular complexity index is 1240. The van der Waals surface area contributed by atoms with Crippen LogP contribution >= 0.6 is 23.1 Å². The molecule has 1 aliphatic rings. The third-order valence-corrected chi connectivity index (χ3v) is 10.4. The van der Waals surface area contributed by atoms with Crippen molar-refractivity contribution in [1.82, 2.24) is 9.03 Å². The van der Waals surface area contributed by atoms with Crippen molar-refractivity contribution in [1.29, 1.82) is 0 Å². The molecule has 0 atom stereocenters. The Morgan fingerprint density at radius 1 is 1.12 bits per heavy atom. The summed E-state index contributed by atoms with van der Waals surface area (Å²) in [5.74, 6) is 0.512. The highest BCUT2D eigenvalue weighted by molar-refractivity contribution is 7.99. The Balaban J connectivity index is 1.70. The van der Waals surface area contributed by atoms with Crippen molar-refractivity contribution >= 4 is 54.7 Å². The van der Waals surface area contributed by atoms with E-state index < -0.39 is 49.1 Å². The van der Waals surface area contributed by atoms with E-state index in [0.717, 1.165) is 29.5 Å². The number of alkyl halides is 3. The molecule has 8 nitrogen and oxygen atoms in total. The van der Waals surface area contributed by atoms with Gasteiger partial charge in [0, 0.05) is 29.5 Å². The van der Waals surface area contributed by atoms with Gasteiger partial charge in [0.25, 0.3) is 10.0 Å². The fraction of sp³-hybridized carbons (Fsp3) is 0.389. The van der Waals surface area contributed by atoms with Crippen LogP contribution in [0, 0.1) is 6.92 Å². The normalized spacial score (nSPS) is 16.0. The van der Waals surface area contributed by atoms with Gasteiger partial charge in [0.1, 0.15) is 4.21 Å². The van der Waals surface area contributed by atoms with E-state index in [1.54, 1.807) is 18.7 Å². The van der Waals surface area contributed by atoms with E-state index >= 15 is 0 Å². The molecule has 3 rings (SSSR count). The van der Waals surface area contributed by atoms with Gasteiger partial charge in [-0.05, 0) is 25.1 Å². The monoisotopic (exact) mass is 543 g/mol. The fourth-order valence-electron chi connectivity index (χ4n) is 2.99. The number of nitrogens with one attached hydrogen (secondary N) is 2. The van der Waals surface area contributed by atoms with Gasteiger partial charge in [-0.2, -0.15) is 29.2 Å². The standard InChI is InChI=1S/C18H20F3N3O5S4/c1-12-14(10-17(31-12)33(28,29)24-6-8-30-9-7-24)23-16(25)11-22-32(26,27)15-5-3-2-4-13(15)18(19,20)21/h2-5,10,22H,6-9,11H2,1H3,(H,23,25). The molecule has 1 aromatic heterocycles. The second kappa shape index (κ2) is 9.92. The maximum absolute atomic E-state index is 13.1. The van der Waals surface area contributed by atoms with Crippen molar-refractivity contribution < 1.29 is 34.8 Å². The molecule has 0 bridgehead atoms. The number of hydrogen-bond donors (Lipinski definition) is 2. The zero-order valence-electron chi connectivity index (χ0n) is 17.2. The topological polar surface area (TPSA) is 113 Å². The van der Waals surface area contributed by atoms with Crippen LogP contribution in [0.15, 0.2) is 39.4 Å². The van der Waals surface area contributed by atoms with Crippen LogP contribution in [0.1, 0.15) is 10.4 Å². The lowest BCUT2D eigenvalue weighted by molar-refractivity contribution is -0.139. The number of amides is 1. The molecule has 0 unspecified atom stereocenters. The summed E-state index contributed by atoms with van der Waals surface area (Å²) in [7, 11) is -8.36. The number of hydrogen-bond acceptors (Lipinski definition) is 7. The SMILES string of the molecule is Cc1sc(S(=O)(=O)N2CCSCC2)cc1NC(=O)CNS(=O)(=O)c1ccccc1C(F)(F)F. The minimum atomic E-state index is -4.89. The van der Waals surface area contributed by atoms with Gasteiger partial charge < -0.3 is 5.32 Å². The number of aryl methyl sites for hydroxylation is 1. The van der Waals surface area contributed by atoms with Crippen LogP contribution < -0.4 is 10.0 Å². The minimum absolute atomic E-state index is 0.0434. The highest BCUT2D eigenvalue weighted by atomic mass is 32.2. The van der Waals surface area contributed by atoms with E-state index in [1.807, 2.05) is 4.72 Å². The molecule has 182 valence electrons. The zero-order valence-corrected chi connectivity index (χ0v) is 20.4. The predicted octanol–water partition coefficient (Wildman–Crippen LogP) is 2.73. The van der Waals surface area contributed by atoms with Crippen LogP contribution in [0.3, 0.4) is 0 Å². The quantitative estimate of drug-likeness (QED) is 0.556. The van der Waals surface area contributed by atoms with Gasteiger partial charge in [0.2, 0.25) is 15.9 Å². The van der Waals surface area contributed by atoms with Gasteiger partial charge in [0.15, 0.2) is 0 Å². The van der Waals surface area contributed by atoms with Crippen molar-refractivity contribution in [2.45, 2.75) is 22.2 Å². The van der Waals surface area contributed by atoms with Crippen LogP contribution in [-0.4, -0.2) is 58.2 Å². The maximum Gasteiger partial charge on any atom is 0.417 e. The molecule has 0 spiro atoms. The zero-order chi connectivity index (χ0) is 24.4. The van der Waals surface area contributed by atoms with Crippen molar-refractivity contribution in [2.24, 2.45) is 0 Å². The number of thiophene rings is 1. The second-order valence-electron chi connectivity index (χ2n) is 6.92. The number of carbonyl (C=O) groups is 1. The average Bonchev–Trinajstić information content (AvgIpc) is 3.13. The highest BCUT2D eigenvalue weighted by Gasteiger charge is 2.37. The summed E-state index contributed by atoms with van der Waals surface area (Å²) in [6, 6.07) is 4.92. The van der Waals surface area contributed by atoms with Gasteiger partial charge in [-0.15, -0.1) is 11.3 Å². The molecule has 2 N–H and O–H groups in total. The molecular formula is C18H20F3N3O5S4. The van der Waals surface area contributed by atoms with Crippen LogP contribution in [0.2, 0.25) is 0 Å². The lowest BCUT2D eigenvalue weighted by Crippen LogP contribution is -2.37. The molecule has 0 radical (unpaired) electrons. The first kappa shape index (κ1) is 26.0. The van der Waals surface area contributed by atoms with E-state index in [9.17, 15) is 34.8 Å². The first-order valence-electron chi connectivity index (χ1n) is 9.46. The van der Waals surface area contributed by atoms with Gasteiger partial charge in [-0.3, -0.25) is 4.79 Å². The number of halogens is 3. The summed E-state index contributed by atoms with van der Waals surface area (Å²) >= 11 is 2.62. The summed E-state index contributed by atoms with van der Waals surface area (Å²) in [4.78, 5) is 11.8. The molecule has 0 saturated carbocycles. The largest absolute Gasteiger partial charge is 0.417 e. The summed E-state index contributed by atoms with van der Waals surface area (Å²) in [5, 5.41) is 2.41. The number of anilines is 1. The summed E-state index contributed by atoms with van der Waals surface area (Å²) in [6.07, 6.45) is -4.89. The van der Waals surface area contributed by atoms with Crippen molar-refractivity contribution in [3.8, 4) is 0 Å². The maximum atomic E-state index is 13.1. The Morgan fingerprint density at radius 3 is 2.39 bits per heavy atom. The Hall–Kier alpha value is -1.65. The summed E-state index contributed by atoms with van der Waals surface area (Å²) in [5.41, 5.74) is -1.16. The Kier molecular flexibility index (Phi) is 7.80. The van der Waals surface area contributed by atoms with Crippen molar-refractivity contribution in [2.75, 3.05) is 36.5 Å². The van der Waals surface area contributed by atoms with Gasteiger partial charge >= 0.3 is 6.18 Å². The Morgan fingerprint density at radius 2 is 1.76 bits per heavy atom. The smallest absolute Gasteiger partial charge is 0.324 e. The third kappa shape index (κ3) is 6.08. The van der Waals surface area contributed by atoms with Gasteiger partial charge in [-0.25, -0.2) is 21.6 Å². The number of benzene rings is 1. The first-order valence-corrected chi connectivity index (χ1v) is 14.4. The molecule has 1 aliphatic heterocycles. The van der Waals surface area contributed by atoms with E-state index in [1.165, 1.54) is 10.4 Å². The molecule has 15 heteroatoms. The fourth-order valence-corrected chi connectivity index (χ4v) is 8.33. The number of thioether (sulfide) groups is 1. The van der Waals surface area contributed by atoms with Crippen LogP contribution in [0.25, 0.3) is 0 Å². The molecule has 33 heavy (non-hydrogen) atoms. The molecule has 1 fully saturated rings. The molecule has 2 heterocycles. The van der Waals surface area contributed by atoms with E-state index in [2.05, 4.69) is 5.32 Å². The van der Waals surface area contributed by atoms with Gasteiger partial charge in [-0.1, -0.05) is 12.1 Å². The molecule has 1 aromatic carbocycles. The number of rotatable bonds is 7. The lowest BCUT2D eigenvalue weighted by atomic mass is 10.2. The average molecular weight is 544 g/mol. The molecular weight excluding hydrogens is 523 g/mol. The van der Waals surface area contributed by atoms with Gasteiger partial charge in [0.05, 0.1) is 22.7 Å². The number of sulfonamides is 2. The highest BCUT2D eigenvalue weighted by Crippen LogP contribution is 2.34. The van der Waals surface area contributed by atoms with E-state index in [4.69, 9.17) is 0 Å². The van der Waals surface area contributed by atoms with Crippen LogP contribution in [0.5, 0.6) is 0 Å². The van der Waals surface area contributed by atoms with E-state index in [-0.39, 0.29) is 9.90 Å². The molecule has 0 aliphatic carbocycles. The Labute approximate surface area is 197 Å². The second-order valence-corrected chi connectivity index (χ2v) is 13.3. The molecule has 1 amide bonds. The van der Waals surface area contributed by atoms with Crippen LogP contribution in [-0.2, 0) is 31.0 Å². The van der Waals surface area contributed by atoms with Crippen molar-refractivity contribution in [3.63, 3.8) is 0 Å². The summed E-state index contributed by atoms with van der Waals surface area (Å²) in [6.45, 7) is 1.52. The number of carbonyl (C=O) groups excluding carboxylic acids is 1. The summed E-state index contributed by atoms with van der Waals surface area (Å²) < 4.78 is 92.9. The minimum Gasteiger partial charge on any atom is -0.324 e. The number of nitrogens with zero attached hydrogens (tertiary/aromatic N) is 1. The first-order chi connectivity index (χ1) is 15.3. The van der Waals surface area contributed by atoms with Crippen molar-refractivity contribution in [3.05, 3.63) is 40.8 Å². The van der Waals surface area contributed by atoms with E-state index in [0.29, 0.717) is 35.5 Å². The third-order valence-electron chi connectivity index (χ3n) is 4.64.